The van der Waals surface area contributed by atoms with Gasteiger partial charge < -0.3 is 10.2 Å². The number of benzene rings is 1. The summed E-state index contributed by atoms with van der Waals surface area (Å²) < 4.78 is 0. The van der Waals surface area contributed by atoms with E-state index in [0.717, 1.165) is 12.6 Å². The second-order valence-electron chi connectivity index (χ2n) is 5.42. The van der Waals surface area contributed by atoms with Gasteiger partial charge in [0, 0.05) is 18.3 Å². The van der Waals surface area contributed by atoms with Crippen molar-refractivity contribution in [1.82, 2.24) is 4.90 Å². The van der Waals surface area contributed by atoms with E-state index in [1.54, 1.807) is 0 Å². The standard InChI is InChI=1S/C16H26N2/c1-18(16-11-6-3-7-12-16)14-8-13-17-15-9-4-2-5-10-15/h2,4-5,9-10,16-17H,3,6-8,11-14H2,1H3. The fourth-order valence-corrected chi connectivity index (χ4v) is 2.82. The van der Waals surface area contributed by atoms with E-state index in [1.807, 2.05) is 0 Å². The summed E-state index contributed by atoms with van der Waals surface area (Å²) in [7, 11) is 2.29. The van der Waals surface area contributed by atoms with Gasteiger partial charge in [-0.25, -0.2) is 0 Å². The smallest absolute Gasteiger partial charge is 0.0340 e. The van der Waals surface area contributed by atoms with Crippen molar-refractivity contribution in [2.75, 3.05) is 25.5 Å². The summed E-state index contributed by atoms with van der Waals surface area (Å²) in [6.45, 7) is 2.28. The number of rotatable bonds is 6. The van der Waals surface area contributed by atoms with Crippen LogP contribution >= 0.6 is 0 Å². The van der Waals surface area contributed by atoms with E-state index in [4.69, 9.17) is 0 Å². The van der Waals surface area contributed by atoms with Crippen LogP contribution in [0, 0.1) is 0 Å². The third-order valence-electron chi connectivity index (χ3n) is 3.99. The second-order valence-corrected chi connectivity index (χ2v) is 5.42. The molecule has 2 rings (SSSR count). The zero-order chi connectivity index (χ0) is 12.6. The van der Waals surface area contributed by atoms with Gasteiger partial charge in [-0.05, 0) is 45.0 Å². The number of nitrogens with one attached hydrogen (secondary N) is 1. The molecule has 0 amide bonds. The lowest BCUT2D eigenvalue weighted by atomic mass is 9.94. The van der Waals surface area contributed by atoms with Gasteiger partial charge in [0.2, 0.25) is 0 Å². The molecule has 1 aromatic carbocycles. The van der Waals surface area contributed by atoms with Crippen molar-refractivity contribution in [1.29, 1.82) is 0 Å². The van der Waals surface area contributed by atoms with Crippen LogP contribution in [0.1, 0.15) is 38.5 Å². The monoisotopic (exact) mass is 246 g/mol. The molecule has 1 aliphatic carbocycles. The number of nitrogens with zero attached hydrogens (tertiary/aromatic N) is 1. The van der Waals surface area contributed by atoms with E-state index in [0.29, 0.717) is 0 Å². The van der Waals surface area contributed by atoms with Gasteiger partial charge in [0.25, 0.3) is 0 Å². The largest absolute Gasteiger partial charge is 0.385 e. The maximum atomic E-state index is 3.48. The Morgan fingerprint density at radius 1 is 1.11 bits per heavy atom. The molecule has 2 heteroatoms. The predicted octanol–water partition coefficient (Wildman–Crippen LogP) is 3.75. The Bertz CT molecular complexity index is 317. The minimum absolute atomic E-state index is 0.843. The fraction of sp³-hybridized carbons (Fsp3) is 0.625. The first-order valence-electron chi connectivity index (χ1n) is 7.35. The van der Waals surface area contributed by atoms with Crippen LogP contribution in [0.15, 0.2) is 30.3 Å². The molecule has 0 unspecified atom stereocenters. The molecule has 1 saturated carbocycles. The summed E-state index contributed by atoms with van der Waals surface area (Å²) in [4.78, 5) is 2.56. The highest BCUT2D eigenvalue weighted by molar-refractivity contribution is 5.42. The van der Waals surface area contributed by atoms with Gasteiger partial charge in [-0.1, -0.05) is 37.5 Å². The Labute approximate surface area is 111 Å². The highest BCUT2D eigenvalue weighted by Crippen LogP contribution is 2.21. The first-order chi connectivity index (χ1) is 8.86. The molecule has 1 aromatic rings. The molecule has 100 valence electrons. The summed E-state index contributed by atoms with van der Waals surface area (Å²) in [5, 5.41) is 3.48. The van der Waals surface area contributed by atoms with E-state index >= 15 is 0 Å². The van der Waals surface area contributed by atoms with Gasteiger partial charge in [-0.15, -0.1) is 0 Å². The van der Waals surface area contributed by atoms with Gasteiger partial charge >= 0.3 is 0 Å². The van der Waals surface area contributed by atoms with Gasteiger partial charge in [0.05, 0.1) is 0 Å². The molecule has 0 aromatic heterocycles. The van der Waals surface area contributed by atoms with E-state index in [2.05, 4.69) is 47.6 Å². The normalized spacial score (nSPS) is 17.0. The molecule has 0 atom stereocenters. The highest BCUT2D eigenvalue weighted by atomic mass is 15.1. The predicted molar refractivity (Wildman–Crippen MR) is 79.1 cm³/mol. The van der Waals surface area contributed by atoms with Crippen molar-refractivity contribution in [2.24, 2.45) is 0 Å². The Morgan fingerprint density at radius 2 is 1.83 bits per heavy atom. The first-order valence-corrected chi connectivity index (χ1v) is 7.35. The molecule has 1 fully saturated rings. The van der Waals surface area contributed by atoms with Crippen LogP contribution in [-0.4, -0.2) is 31.1 Å². The molecule has 0 spiro atoms. The molecule has 0 radical (unpaired) electrons. The van der Waals surface area contributed by atoms with Crippen molar-refractivity contribution in [3.63, 3.8) is 0 Å². The van der Waals surface area contributed by atoms with Crippen molar-refractivity contribution >= 4 is 5.69 Å². The number of hydrogen-bond donors (Lipinski definition) is 1. The third kappa shape index (κ3) is 4.34. The van der Waals surface area contributed by atoms with E-state index in [1.165, 1.54) is 50.8 Å². The molecule has 1 N–H and O–H groups in total. The third-order valence-corrected chi connectivity index (χ3v) is 3.99. The zero-order valence-corrected chi connectivity index (χ0v) is 11.6. The lowest BCUT2D eigenvalue weighted by molar-refractivity contribution is 0.191. The molecule has 1 aliphatic rings. The fourth-order valence-electron chi connectivity index (χ4n) is 2.82. The van der Waals surface area contributed by atoms with E-state index in [9.17, 15) is 0 Å². The van der Waals surface area contributed by atoms with Crippen LogP contribution in [-0.2, 0) is 0 Å². The molecule has 0 saturated heterocycles. The lowest BCUT2D eigenvalue weighted by Crippen LogP contribution is -2.34. The van der Waals surface area contributed by atoms with Gasteiger partial charge in [0.1, 0.15) is 0 Å². The SMILES string of the molecule is CN(CCCNc1ccccc1)C1CCCCC1. The Hall–Kier alpha value is -1.02. The van der Waals surface area contributed by atoms with E-state index < -0.39 is 0 Å². The molecular formula is C16H26N2. The average molecular weight is 246 g/mol. The maximum Gasteiger partial charge on any atom is 0.0340 e. The minimum atomic E-state index is 0.843. The summed E-state index contributed by atoms with van der Waals surface area (Å²) in [5.74, 6) is 0. The Balaban J connectivity index is 1.60. The minimum Gasteiger partial charge on any atom is -0.385 e. The molecule has 0 bridgehead atoms. The van der Waals surface area contributed by atoms with Crippen molar-refractivity contribution < 1.29 is 0 Å². The van der Waals surface area contributed by atoms with Crippen LogP contribution in [0.3, 0.4) is 0 Å². The molecule has 0 heterocycles. The van der Waals surface area contributed by atoms with Crippen LogP contribution in [0.2, 0.25) is 0 Å². The lowest BCUT2D eigenvalue weighted by Gasteiger charge is -2.31. The summed E-state index contributed by atoms with van der Waals surface area (Å²) in [6, 6.07) is 11.3. The Kier molecular flexibility index (Phi) is 5.53. The van der Waals surface area contributed by atoms with Crippen molar-refractivity contribution in [2.45, 2.75) is 44.6 Å². The number of para-hydroxylation sites is 1. The van der Waals surface area contributed by atoms with E-state index in [-0.39, 0.29) is 0 Å². The molecule has 0 aliphatic heterocycles. The van der Waals surface area contributed by atoms with Gasteiger partial charge in [-0.2, -0.15) is 0 Å². The van der Waals surface area contributed by atoms with Gasteiger partial charge in [-0.3, -0.25) is 0 Å². The van der Waals surface area contributed by atoms with Crippen LogP contribution < -0.4 is 5.32 Å². The summed E-state index contributed by atoms with van der Waals surface area (Å²) in [6.07, 6.45) is 8.33. The van der Waals surface area contributed by atoms with Crippen LogP contribution in [0.4, 0.5) is 5.69 Å². The summed E-state index contributed by atoms with van der Waals surface area (Å²) >= 11 is 0. The van der Waals surface area contributed by atoms with Crippen molar-refractivity contribution in [3.8, 4) is 0 Å². The van der Waals surface area contributed by atoms with Crippen LogP contribution in [0.5, 0.6) is 0 Å². The molecular weight excluding hydrogens is 220 g/mol. The highest BCUT2D eigenvalue weighted by Gasteiger charge is 2.16. The second kappa shape index (κ2) is 7.42. The van der Waals surface area contributed by atoms with Crippen molar-refractivity contribution in [3.05, 3.63) is 30.3 Å². The number of anilines is 1. The maximum absolute atomic E-state index is 3.48. The topological polar surface area (TPSA) is 15.3 Å². The zero-order valence-electron chi connectivity index (χ0n) is 11.6. The number of hydrogen-bond acceptors (Lipinski definition) is 2. The summed E-state index contributed by atoms with van der Waals surface area (Å²) in [5.41, 5.74) is 1.23. The Morgan fingerprint density at radius 3 is 2.56 bits per heavy atom. The quantitative estimate of drug-likeness (QED) is 0.769. The van der Waals surface area contributed by atoms with Gasteiger partial charge in [0.15, 0.2) is 0 Å². The first kappa shape index (κ1) is 13.4. The molecule has 18 heavy (non-hydrogen) atoms. The average Bonchev–Trinajstić information content (AvgIpc) is 2.45. The molecule has 2 nitrogen and oxygen atoms in total. The van der Waals surface area contributed by atoms with Crippen LogP contribution in [0.25, 0.3) is 0 Å².